The van der Waals surface area contributed by atoms with E-state index in [0.29, 0.717) is 22.2 Å². The normalized spacial score (nSPS) is 10.4. The molecule has 0 atom stereocenters. The molecule has 4 heteroatoms. The van der Waals surface area contributed by atoms with E-state index in [9.17, 15) is 4.79 Å². The number of halogens is 2. The van der Waals surface area contributed by atoms with Crippen molar-refractivity contribution in [2.75, 3.05) is 5.32 Å². The van der Waals surface area contributed by atoms with E-state index in [4.69, 9.17) is 23.2 Å². The minimum Gasteiger partial charge on any atom is -0.326 e. The van der Waals surface area contributed by atoms with Crippen molar-refractivity contribution in [1.82, 2.24) is 0 Å². The average molecular weight is 308 g/mol. The lowest BCUT2D eigenvalue weighted by Gasteiger charge is -2.09. The van der Waals surface area contributed by atoms with Crippen molar-refractivity contribution in [2.45, 2.75) is 20.3 Å². The summed E-state index contributed by atoms with van der Waals surface area (Å²) >= 11 is 11.8. The second kappa shape index (κ2) is 6.29. The van der Waals surface area contributed by atoms with Gasteiger partial charge in [0, 0.05) is 15.7 Å². The molecule has 2 aromatic carbocycles. The van der Waals surface area contributed by atoms with Crippen LogP contribution in [-0.2, 0) is 11.2 Å². The van der Waals surface area contributed by atoms with Crippen molar-refractivity contribution in [2.24, 2.45) is 0 Å². The standard InChI is InChI=1S/C16H15Cl2NO/c1-10-3-4-12(11(2)5-10)6-16(20)19-15-8-13(17)7-14(18)9-15/h3-5,7-9H,6H2,1-2H3,(H,19,20). The van der Waals surface area contributed by atoms with Gasteiger partial charge in [-0.05, 0) is 43.2 Å². The van der Waals surface area contributed by atoms with Crippen LogP contribution in [0.25, 0.3) is 0 Å². The number of benzene rings is 2. The van der Waals surface area contributed by atoms with Crippen LogP contribution in [0.2, 0.25) is 10.0 Å². The smallest absolute Gasteiger partial charge is 0.228 e. The van der Waals surface area contributed by atoms with E-state index in [1.165, 1.54) is 5.56 Å². The third-order valence-corrected chi connectivity index (χ3v) is 3.43. The zero-order valence-corrected chi connectivity index (χ0v) is 12.8. The zero-order valence-electron chi connectivity index (χ0n) is 11.3. The summed E-state index contributed by atoms with van der Waals surface area (Å²) in [5.74, 6) is -0.0877. The summed E-state index contributed by atoms with van der Waals surface area (Å²) in [6.07, 6.45) is 0.330. The number of anilines is 1. The molecule has 1 amide bonds. The van der Waals surface area contributed by atoms with Gasteiger partial charge in [-0.2, -0.15) is 0 Å². The van der Waals surface area contributed by atoms with Crippen molar-refractivity contribution < 1.29 is 4.79 Å². The molecule has 0 spiro atoms. The lowest BCUT2D eigenvalue weighted by Crippen LogP contribution is -2.15. The van der Waals surface area contributed by atoms with Gasteiger partial charge < -0.3 is 5.32 Å². The summed E-state index contributed by atoms with van der Waals surface area (Å²) < 4.78 is 0. The van der Waals surface area contributed by atoms with Crippen LogP contribution in [0.15, 0.2) is 36.4 Å². The summed E-state index contributed by atoms with van der Waals surface area (Å²) in [7, 11) is 0. The highest BCUT2D eigenvalue weighted by atomic mass is 35.5. The highest BCUT2D eigenvalue weighted by Gasteiger charge is 2.07. The Morgan fingerprint density at radius 1 is 1.05 bits per heavy atom. The molecule has 0 aliphatic heterocycles. The first kappa shape index (κ1) is 14.9. The summed E-state index contributed by atoms with van der Waals surface area (Å²) in [4.78, 5) is 12.0. The average Bonchev–Trinajstić information content (AvgIpc) is 2.31. The fourth-order valence-corrected chi connectivity index (χ4v) is 2.57. The maximum absolute atomic E-state index is 12.0. The van der Waals surface area contributed by atoms with Crippen molar-refractivity contribution in [3.63, 3.8) is 0 Å². The maximum atomic E-state index is 12.0. The first-order valence-electron chi connectivity index (χ1n) is 6.26. The van der Waals surface area contributed by atoms with Crippen molar-refractivity contribution in [1.29, 1.82) is 0 Å². The molecule has 0 saturated carbocycles. The number of hydrogen-bond acceptors (Lipinski definition) is 1. The van der Waals surface area contributed by atoms with Gasteiger partial charge in [0.15, 0.2) is 0 Å². The van der Waals surface area contributed by atoms with E-state index in [2.05, 4.69) is 11.4 Å². The third-order valence-electron chi connectivity index (χ3n) is 3.00. The Labute approximate surface area is 128 Å². The minimum absolute atomic E-state index is 0.0877. The predicted molar refractivity (Wildman–Crippen MR) is 84.7 cm³/mol. The van der Waals surface area contributed by atoms with Gasteiger partial charge in [-0.15, -0.1) is 0 Å². The van der Waals surface area contributed by atoms with Gasteiger partial charge in [0.05, 0.1) is 6.42 Å². The maximum Gasteiger partial charge on any atom is 0.228 e. The van der Waals surface area contributed by atoms with Crippen LogP contribution in [0.1, 0.15) is 16.7 Å². The molecule has 2 nitrogen and oxygen atoms in total. The SMILES string of the molecule is Cc1ccc(CC(=O)Nc2cc(Cl)cc(Cl)c2)c(C)c1. The molecule has 0 fully saturated rings. The van der Waals surface area contributed by atoms with Crippen molar-refractivity contribution in [3.8, 4) is 0 Å². The fraction of sp³-hybridized carbons (Fsp3) is 0.188. The lowest BCUT2D eigenvalue weighted by molar-refractivity contribution is -0.115. The van der Waals surface area contributed by atoms with Crippen molar-refractivity contribution >= 4 is 34.8 Å². The van der Waals surface area contributed by atoms with Crippen LogP contribution in [-0.4, -0.2) is 5.91 Å². The minimum atomic E-state index is -0.0877. The second-order valence-electron chi connectivity index (χ2n) is 4.81. The Morgan fingerprint density at radius 2 is 1.70 bits per heavy atom. The van der Waals surface area contributed by atoms with Gasteiger partial charge in [0.2, 0.25) is 5.91 Å². The van der Waals surface area contributed by atoms with E-state index in [1.54, 1.807) is 18.2 Å². The number of amides is 1. The Balaban J connectivity index is 2.09. The molecule has 0 saturated heterocycles. The number of carbonyl (C=O) groups excluding carboxylic acids is 1. The first-order chi connectivity index (χ1) is 9.44. The summed E-state index contributed by atoms with van der Waals surface area (Å²) in [6, 6.07) is 11.0. The molecule has 0 bridgehead atoms. The van der Waals surface area contributed by atoms with Crippen LogP contribution in [0.4, 0.5) is 5.69 Å². The Bertz CT molecular complexity index is 633. The molecule has 104 valence electrons. The molecule has 0 aliphatic carbocycles. The highest BCUT2D eigenvalue weighted by Crippen LogP contribution is 2.22. The van der Waals surface area contributed by atoms with Crippen molar-refractivity contribution in [3.05, 3.63) is 63.1 Å². The predicted octanol–water partition coefficient (Wildman–Crippen LogP) is 4.79. The molecule has 0 aliphatic rings. The monoisotopic (exact) mass is 307 g/mol. The third kappa shape index (κ3) is 3.99. The van der Waals surface area contributed by atoms with Gasteiger partial charge in [0.1, 0.15) is 0 Å². The summed E-state index contributed by atoms with van der Waals surface area (Å²) in [6.45, 7) is 4.04. The quantitative estimate of drug-likeness (QED) is 0.867. The molecule has 0 radical (unpaired) electrons. The molecule has 2 aromatic rings. The number of aryl methyl sites for hydroxylation is 2. The Hall–Kier alpha value is -1.51. The second-order valence-corrected chi connectivity index (χ2v) is 5.69. The molecule has 0 heterocycles. The van der Waals surface area contributed by atoms with Gasteiger partial charge in [-0.1, -0.05) is 47.0 Å². The number of rotatable bonds is 3. The van der Waals surface area contributed by atoms with E-state index >= 15 is 0 Å². The van der Waals surface area contributed by atoms with Gasteiger partial charge in [0.25, 0.3) is 0 Å². The van der Waals surface area contributed by atoms with E-state index in [-0.39, 0.29) is 5.91 Å². The molecule has 2 rings (SSSR count). The van der Waals surface area contributed by atoms with Gasteiger partial charge >= 0.3 is 0 Å². The summed E-state index contributed by atoms with van der Waals surface area (Å²) in [5.41, 5.74) is 3.93. The fourth-order valence-electron chi connectivity index (χ4n) is 2.05. The topological polar surface area (TPSA) is 29.1 Å². The van der Waals surface area contributed by atoms with Crippen LogP contribution in [0, 0.1) is 13.8 Å². The zero-order chi connectivity index (χ0) is 14.7. The summed E-state index contributed by atoms with van der Waals surface area (Å²) in [5, 5.41) is 3.80. The van der Waals surface area contributed by atoms with Gasteiger partial charge in [-0.3, -0.25) is 4.79 Å². The first-order valence-corrected chi connectivity index (χ1v) is 7.02. The van der Waals surface area contributed by atoms with Crippen LogP contribution in [0.5, 0.6) is 0 Å². The highest BCUT2D eigenvalue weighted by molar-refractivity contribution is 6.35. The lowest BCUT2D eigenvalue weighted by atomic mass is 10.0. The molecule has 1 N–H and O–H groups in total. The van der Waals surface area contributed by atoms with Gasteiger partial charge in [-0.25, -0.2) is 0 Å². The van der Waals surface area contributed by atoms with E-state index in [1.807, 2.05) is 26.0 Å². The van der Waals surface area contributed by atoms with E-state index < -0.39 is 0 Å². The number of nitrogens with one attached hydrogen (secondary N) is 1. The number of carbonyl (C=O) groups is 1. The Morgan fingerprint density at radius 3 is 2.30 bits per heavy atom. The van der Waals surface area contributed by atoms with Crippen LogP contribution in [0.3, 0.4) is 0 Å². The largest absolute Gasteiger partial charge is 0.326 e. The number of hydrogen-bond donors (Lipinski definition) is 1. The molecule has 20 heavy (non-hydrogen) atoms. The molecule has 0 aromatic heterocycles. The van der Waals surface area contributed by atoms with Crippen LogP contribution < -0.4 is 5.32 Å². The molecular weight excluding hydrogens is 293 g/mol. The van der Waals surface area contributed by atoms with E-state index in [0.717, 1.165) is 11.1 Å². The van der Waals surface area contributed by atoms with Crippen LogP contribution >= 0.6 is 23.2 Å². The Kier molecular flexibility index (Phi) is 4.69. The molecule has 0 unspecified atom stereocenters. The molecular formula is C16H15Cl2NO.